The summed E-state index contributed by atoms with van der Waals surface area (Å²) >= 11 is 0. The van der Waals surface area contributed by atoms with Crippen molar-refractivity contribution in [2.75, 3.05) is 0 Å². The lowest BCUT2D eigenvalue weighted by Gasteiger charge is -2.14. The highest BCUT2D eigenvalue weighted by Gasteiger charge is 2.21. The number of carbonyl (C=O) groups is 1. The summed E-state index contributed by atoms with van der Waals surface area (Å²) in [5.74, 6) is 0.583. The fraction of sp³-hybridized carbons (Fsp3) is 0.133. The molecule has 3 rings (SSSR count). The monoisotopic (exact) mass is 267 g/mol. The molecule has 20 heavy (non-hydrogen) atoms. The molecule has 0 aliphatic heterocycles. The molecule has 2 heterocycles. The molecule has 1 unspecified atom stereocenters. The van der Waals surface area contributed by atoms with E-state index in [0.717, 1.165) is 5.56 Å². The van der Waals surface area contributed by atoms with Crippen molar-refractivity contribution < 1.29 is 9.21 Å². The standard InChI is InChI=1S/C15H13N3O2/c1-11(12-6-3-2-4-7-12)18-15(13(10-19)16-17-18)14-8-5-9-20-14/h2-11H,1H3. The molecule has 0 amide bonds. The zero-order chi connectivity index (χ0) is 13.9. The van der Waals surface area contributed by atoms with Crippen LogP contribution in [-0.4, -0.2) is 21.3 Å². The molecule has 0 spiro atoms. The molecule has 2 aromatic heterocycles. The second-order valence-corrected chi connectivity index (χ2v) is 4.45. The van der Waals surface area contributed by atoms with E-state index < -0.39 is 0 Å². The number of rotatable bonds is 4. The molecule has 100 valence electrons. The SMILES string of the molecule is CC(c1ccccc1)n1nnc(C=O)c1-c1ccco1. The van der Waals surface area contributed by atoms with Gasteiger partial charge in [0.25, 0.3) is 0 Å². The number of furan rings is 1. The Morgan fingerprint density at radius 2 is 2.00 bits per heavy atom. The molecule has 5 nitrogen and oxygen atoms in total. The van der Waals surface area contributed by atoms with E-state index in [9.17, 15) is 4.79 Å². The zero-order valence-corrected chi connectivity index (χ0v) is 10.9. The van der Waals surface area contributed by atoms with Crippen LogP contribution in [0.4, 0.5) is 0 Å². The van der Waals surface area contributed by atoms with Gasteiger partial charge in [-0.3, -0.25) is 4.79 Å². The van der Waals surface area contributed by atoms with Gasteiger partial charge in [-0.2, -0.15) is 0 Å². The highest BCUT2D eigenvalue weighted by atomic mass is 16.3. The normalized spacial score (nSPS) is 12.2. The van der Waals surface area contributed by atoms with Gasteiger partial charge in [0.05, 0.1) is 12.3 Å². The average molecular weight is 267 g/mol. The van der Waals surface area contributed by atoms with E-state index >= 15 is 0 Å². The van der Waals surface area contributed by atoms with Crippen LogP contribution in [-0.2, 0) is 0 Å². The predicted molar refractivity (Wildman–Crippen MR) is 73.4 cm³/mol. The summed E-state index contributed by atoms with van der Waals surface area (Å²) in [5.41, 5.74) is 1.96. The van der Waals surface area contributed by atoms with Crippen molar-refractivity contribution >= 4 is 6.29 Å². The van der Waals surface area contributed by atoms with E-state index in [-0.39, 0.29) is 11.7 Å². The van der Waals surface area contributed by atoms with Gasteiger partial charge in [0.2, 0.25) is 0 Å². The van der Waals surface area contributed by atoms with Gasteiger partial charge < -0.3 is 4.42 Å². The second kappa shape index (κ2) is 5.13. The van der Waals surface area contributed by atoms with Crippen molar-refractivity contribution in [1.29, 1.82) is 0 Å². The van der Waals surface area contributed by atoms with Gasteiger partial charge in [-0.15, -0.1) is 5.10 Å². The molecule has 0 bridgehead atoms. The van der Waals surface area contributed by atoms with Crippen molar-refractivity contribution in [3.05, 3.63) is 60.0 Å². The van der Waals surface area contributed by atoms with Crippen LogP contribution in [0.1, 0.15) is 29.0 Å². The summed E-state index contributed by atoms with van der Waals surface area (Å²) < 4.78 is 7.09. The largest absolute Gasteiger partial charge is 0.463 e. The van der Waals surface area contributed by atoms with Gasteiger partial charge in [0.1, 0.15) is 5.69 Å². The number of benzene rings is 1. The summed E-state index contributed by atoms with van der Waals surface area (Å²) in [5, 5.41) is 8.02. The maximum absolute atomic E-state index is 11.1. The van der Waals surface area contributed by atoms with Crippen LogP contribution in [0.2, 0.25) is 0 Å². The number of aldehydes is 1. The van der Waals surface area contributed by atoms with E-state index in [1.165, 1.54) is 0 Å². The number of carbonyl (C=O) groups excluding carboxylic acids is 1. The number of nitrogens with zero attached hydrogens (tertiary/aromatic N) is 3. The van der Waals surface area contributed by atoms with Crippen molar-refractivity contribution in [2.45, 2.75) is 13.0 Å². The highest BCUT2D eigenvalue weighted by molar-refractivity contribution is 5.81. The van der Waals surface area contributed by atoms with Crippen LogP contribution in [0.3, 0.4) is 0 Å². The van der Waals surface area contributed by atoms with E-state index in [0.29, 0.717) is 17.7 Å². The summed E-state index contributed by atoms with van der Waals surface area (Å²) in [7, 11) is 0. The van der Waals surface area contributed by atoms with E-state index in [2.05, 4.69) is 10.3 Å². The van der Waals surface area contributed by atoms with Gasteiger partial charge in [-0.25, -0.2) is 4.68 Å². The number of aromatic nitrogens is 3. The minimum absolute atomic E-state index is 0.0440. The van der Waals surface area contributed by atoms with Crippen LogP contribution < -0.4 is 0 Å². The summed E-state index contributed by atoms with van der Waals surface area (Å²) in [6.45, 7) is 2.00. The Morgan fingerprint density at radius 1 is 1.20 bits per heavy atom. The third-order valence-electron chi connectivity index (χ3n) is 3.24. The van der Waals surface area contributed by atoms with Crippen LogP contribution >= 0.6 is 0 Å². The second-order valence-electron chi connectivity index (χ2n) is 4.45. The van der Waals surface area contributed by atoms with E-state index in [4.69, 9.17) is 4.42 Å². The molecule has 0 saturated carbocycles. The lowest BCUT2D eigenvalue weighted by atomic mass is 10.1. The molecular weight excluding hydrogens is 254 g/mol. The fourth-order valence-electron chi connectivity index (χ4n) is 2.18. The molecule has 0 fully saturated rings. The predicted octanol–water partition coefficient (Wildman–Crippen LogP) is 2.96. The summed E-state index contributed by atoms with van der Waals surface area (Å²) in [6, 6.07) is 13.4. The van der Waals surface area contributed by atoms with E-state index in [1.54, 1.807) is 23.1 Å². The minimum atomic E-state index is -0.0440. The Balaban J connectivity index is 2.11. The van der Waals surface area contributed by atoms with Gasteiger partial charge in [0.15, 0.2) is 17.7 Å². The first-order valence-corrected chi connectivity index (χ1v) is 6.30. The van der Waals surface area contributed by atoms with Crippen molar-refractivity contribution in [2.24, 2.45) is 0 Å². The van der Waals surface area contributed by atoms with Gasteiger partial charge in [-0.05, 0) is 24.6 Å². The van der Waals surface area contributed by atoms with Crippen molar-refractivity contribution in [1.82, 2.24) is 15.0 Å². The molecule has 0 aliphatic rings. The van der Waals surface area contributed by atoms with Crippen LogP contribution in [0.5, 0.6) is 0 Å². The first kappa shape index (κ1) is 12.3. The van der Waals surface area contributed by atoms with Crippen LogP contribution in [0.25, 0.3) is 11.5 Å². The lowest BCUT2D eigenvalue weighted by Crippen LogP contribution is -2.10. The fourth-order valence-corrected chi connectivity index (χ4v) is 2.18. The highest BCUT2D eigenvalue weighted by Crippen LogP contribution is 2.27. The zero-order valence-electron chi connectivity index (χ0n) is 10.9. The summed E-state index contributed by atoms with van der Waals surface area (Å²) in [6.07, 6.45) is 2.26. The number of hydrogen-bond acceptors (Lipinski definition) is 4. The van der Waals surface area contributed by atoms with E-state index in [1.807, 2.05) is 37.3 Å². The van der Waals surface area contributed by atoms with Gasteiger partial charge in [-0.1, -0.05) is 35.5 Å². The Kier molecular flexibility index (Phi) is 3.16. The smallest absolute Gasteiger partial charge is 0.172 e. The topological polar surface area (TPSA) is 60.9 Å². The number of hydrogen-bond donors (Lipinski definition) is 0. The Labute approximate surface area is 115 Å². The molecular formula is C15H13N3O2. The Bertz CT molecular complexity index is 702. The van der Waals surface area contributed by atoms with Gasteiger partial charge >= 0.3 is 0 Å². The molecule has 0 N–H and O–H groups in total. The quantitative estimate of drug-likeness (QED) is 0.682. The molecule has 1 aromatic carbocycles. The van der Waals surface area contributed by atoms with Crippen LogP contribution in [0, 0.1) is 0 Å². The lowest BCUT2D eigenvalue weighted by molar-refractivity contribution is 0.111. The first-order valence-electron chi connectivity index (χ1n) is 6.30. The molecule has 0 radical (unpaired) electrons. The maximum Gasteiger partial charge on any atom is 0.172 e. The van der Waals surface area contributed by atoms with Crippen molar-refractivity contribution in [3.63, 3.8) is 0 Å². The Hall–Kier alpha value is -2.69. The first-order chi connectivity index (χ1) is 9.81. The third-order valence-corrected chi connectivity index (χ3v) is 3.24. The van der Waals surface area contributed by atoms with Crippen molar-refractivity contribution in [3.8, 4) is 11.5 Å². The molecule has 0 saturated heterocycles. The average Bonchev–Trinajstić information content (AvgIpc) is 3.15. The molecule has 1 atom stereocenters. The maximum atomic E-state index is 11.1. The summed E-state index contributed by atoms with van der Waals surface area (Å²) in [4.78, 5) is 11.1. The minimum Gasteiger partial charge on any atom is -0.463 e. The molecule has 5 heteroatoms. The molecule has 3 aromatic rings. The van der Waals surface area contributed by atoms with Crippen LogP contribution in [0.15, 0.2) is 53.1 Å². The molecule has 0 aliphatic carbocycles. The Morgan fingerprint density at radius 3 is 2.65 bits per heavy atom. The van der Waals surface area contributed by atoms with Gasteiger partial charge in [0, 0.05) is 0 Å². The third kappa shape index (κ3) is 2.03.